The summed E-state index contributed by atoms with van der Waals surface area (Å²) in [4.78, 5) is 31.6. The highest BCUT2D eigenvalue weighted by molar-refractivity contribution is 6.51. The Morgan fingerprint density at radius 1 is 1.06 bits per heavy atom. The quantitative estimate of drug-likeness (QED) is 0.380. The SMILES string of the molecule is CCOc1ccc([C@H]2C(=C(O)c3ccc(C)cc3)C(=O)C(=O)N2c2cccnc2)cc1. The predicted octanol–water partition coefficient (Wildman–Crippen LogP) is 4.42. The molecule has 1 amide bonds. The van der Waals surface area contributed by atoms with E-state index in [0.717, 1.165) is 5.56 Å². The van der Waals surface area contributed by atoms with Gasteiger partial charge in [0.15, 0.2) is 0 Å². The maximum atomic E-state index is 13.1. The van der Waals surface area contributed by atoms with E-state index in [1.165, 1.54) is 11.1 Å². The number of carbonyl (C=O) groups is 2. The Morgan fingerprint density at radius 2 is 1.77 bits per heavy atom. The van der Waals surface area contributed by atoms with Crippen LogP contribution < -0.4 is 9.64 Å². The summed E-state index contributed by atoms with van der Waals surface area (Å²) in [6.07, 6.45) is 3.12. The van der Waals surface area contributed by atoms with Gasteiger partial charge in [-0.3, -0.25) is 19.5 Å². The second-order valence-corrected chi connectivity index (χ2v) is 7.25. The Bertz CT molecular complexity index is 1140. The van der Waals surface area contributed by atoms with Crippen LogP contribution in [0.4, 0.5) is 5.69 Å². The summed E-state index contributed by atoms with van der Waals surface area (Å²) in [5.74, 6) is -0.965. The van der Waals surface area contributed by atoms with Gasteiger partial charge in [-0.25, -0.2) is 0 Å². The van der Waals surface area contributed by atoms with E-state index in [1.54, 1.807) is 54.7 Å². The molecule has 31 heavy (non-hydrogen) atoms. The average molecular weight is 414 g/mol. The normalized spacial score (nSPS) is 17.7. The molecule has 3 aromatic rings. The van der Waals surface area contributed by atoms with Crippen LogP contribution in [0, 0.1) is 6.92 Å². The van der Waals surface area contributed by atoms with Crippen LogP contribution in [0.2, 0.25) is 0 Å². The number of aliphatic hydroxyl groups excluding tert-OH is 1. The molecular weight excluding hydrogens is 392 g/mol. The zero-order valence-electron chi connectivity index (χ0n) is 17.3. The van der Waals surface area contributed by atoms with Crippen molar-refractivity contribution < 1.29 is 19.4 Å². The molecular formula is C25H22N2O4. The molecule has 0 radical (unpaired) electrons. The summed E-state index contributed by atoms with van der Waals surface area (Å²) in [5.41, 5.74) is 2.70. The van der Waals surface area contributed by atoms with Gasteiger partial charge in [0.1, 0.15) is 11.5 Å². The minimum absolute atomic E-state index is 0.0434. The second kappa shape index (κ2) is 8.44. The van der Waals surface area contributed by atoms with E-state index in [2.05, 4.69) is 4.98 Å². The Labute approximate surface area is 180 Å². The van der Waals surface area contributed by atoms with Crippen LogP contribution >= 0.6 is 0 Å². The van der Waals surface area contributed by atoms with Gasteiger partial charge < -0.3 is 9.84 Å². The molecule has 1 aromatic heterocycles. The van der Waals surface area contributed by atoms with Gasteiger partial charge in [0.25, 0.3) is 11.7 Å². The van der Waals surface area contributed by atoms with Crippen molar-refractivity contribution in [2.24, 2.45) is 0 Å². The average Bonchev–Trinajstić information content (AvgIpc) is 3.06. The van der Waals surface area contributed by atoms with Gasteiger partial charge in [0, 0.05) is 11.8 Å². The lowest BCUT2D eigenvalue weighted by Gasteiger charge is -2.25. The first-order valence-corrected chi connectivity index (χ1v) is 10.0. The number of ether oxygens (including phenoxy) is 1. The maximum Gasteiger partial charge on any atom is 0.300 e. The molecule has 1 N–H and O–H groups in total. The molecule has 156 valence electrons. The van der Waals surface area contributed by atoms with Crippen LogP contribution in [0.5, 0.6) is 5.75 Å². The minimum Gasteiger partial charge on any atom is -0.507 e. The molecule has 4 rings (SSSR count). The third kappa shape index (κ3) is 3.80. The largest absolute Gasteiger partial charge is 0.507 e. The van der Waals surface area contributed by atoms with Crippen LogP contribution in [0.15, 0.2) is 78.6 Å². The van der Waals surface area contributed by atoms with Crippen molar-refractivity contribution in [3.05, 3.63) is 95.3 Å². The number of hydrogen-bond acceptors (Lipinski definition) is 5. The first-order chi connectivity index (χ1) is 15.0. The molecule has 1 aliphatic rings. The fourth-order valence-corrected chi connectivity index (χ4v) is 3.69. The number of benzene rings is 2. The number of aliphatic hydroxyl groups is 1. The zero-order chi connectivity index (χ0) is 22.0. The number of carbonyl (C=O) groups excluding carboxylic acids is 2. The third-order valence-corrected chi connectivity index (χ3v) is 5.20. The fourth-order valence-electron chi connectivity index (χ4n) is 3.69. The van der Waals surface area contributed by atoms with Crippen molar-refractivity contribution in [2.45, 2.75) is 19.9 Å². The molecule has 0 saturated carbocycles. The first kappa shape index (κ1) is 20.3. The fraction of sp³-hybridized carbons (Fsp3) is 0.160. The maximum absolute atomic E-state index is 13.1. The van der Waals surface area contributed by atoms with Crippen molar-refractivity contribution >= 4 is 23.1 Å². The molecule has 6 nitrogen and oxygen atoms in total. The summed E-state index contributed by atoms with van der Waals surface area (Å²) in [6.45, 7) is 4.36. The van der Waals surface area contributed by atoms with E-state index in [0.29, 0.717) is 29.2 Å². The Balaban J connectivity index is 1.89. The van der Waals surface area contributed by atoms with Gasteiger partial charge in [0.2, 0.25) is 0 Å². The van der Waals surface area contributed by atoms with Crippen molar-refractivity contribution in [1.29, 1.82) is 0 Å². The van der Waals surface area contributed by atoms with E-state index >= 15 is 0 Å². The van der Waals surface area contributed by atoms with Crippen molar-refractivity contribution in [3.63, 3.8) is 0 Å². The summed E-state index contributed by atoms with van der Waals surface area (Å²) in [7, 11) is 0. The van der Waals surface area contributed by atoms with Crippen LogP contribution in [-0.4, -0.2) is 28.4 Å². The van der Waals surface area contributed by atoms with Gasteiger partial charge in [-0.1, -0.05) is 42.0 Å². The van der Waals surface area contributed by atoms with Gasteiger partial charge in [-0.15, -0.1) is 0 Å². The number of hydrogen-bond donors (Lipinski definition) is 1. The Hall–Kier alpha value is -3.93. The third-order valence-electron chi connectivity index (χ3n) is 5.20. The van der Waals surface area contributed by atoms with Crippen molar-refractivity contribution in [3.8, 4) is 5.75 Å². The standard InChI is InChI=1S/C25H22N2O4/c1-3-31-20-12-10-17(11-13-20)22-21(23(28)18-8-6-16(2)7-9-18)24(29)25(30)27(22)19-5-4-14-26-15-19/h4-15,22,28H,3H2,1-2H3/t22-/m0/s1. The van der Waals surface area contributed by atoms with E-state index < -0.39 is 17.7 Å². The number of rotatable bonds is 5. The molecule has 0 bridgehead atoms. The molecule has 0 spiro atoms. The highest BCUT2D eigenvalue weighted by Crippen LogP contribution is 2.42. The lowest BCUT2D eigenvalue weighted by atomic mass is 9.95. The molecule has 0 aliphatic carbocycles. The number of anilines is 1. The van der Waals surface area contributed by atoms with Crippen molar-refractivity contribution in [2.75, 3.05) is 11.5 Å². The minimum atomic E-state index is -0.791. The summed E-state index contributed by atoms with van der Waals surface area (Å²) in [5, 5.41) is 11.1. The summed E-state index contributed by atoms with van der Waals surface area (Å²) < 4.78 is 5.51. The number of amides is 1. The molecule has 1 saturated heterocycles. The second-order valence-electron chi connectivity index (χ2n) is 7.25. The number of nitrogens with zero attached hydrogens (tertiary/aromatic N) is 2. The van der Waals surface area contributed by atoms with E-state index in [-0.39, 0.29) is 11.3 Å². The molecule has 1 fully saturated rings. The van der Waals surface area contributed by atoms with Gasteiger partial charge in [-0.2, -0.15) is 0 Å². The van der Waals surface area contributed by atoms with Crippen LogP contribution in [0.25, 0.3) is 5.76 Å². The number of aryl methyl sites for hydroxylation is 1. The molecule has 6 heteroatoms. The molecule has 0 unspecified atom stereocenters. The highest BCUT2D eigenvalue weighted by Gasteiger charge is 2.47. The summed E-state index contributed by atoms with van der Waals surface area (Å²) in [6, 6.07) is 16.9. The van der Waals surface area contributed by atoms with Crippen LogP contribution in [-0.2, 0) is 9.59 Å². The van der Waals surface area contributed by atoms with Crippen molar-refractivity contribution in [1.82, 2.24) is 4.98 Å². The van der Waals surface area contributed by atoms with E-state index in [1.807, 2.05) is 26.0 Å². The number of aromatic nitrogens is 1. The highest BCUT2D eigenvalue weighted by atomic mass is 16.5. The molecule has 2 heterocycles. The summed E-state index contributed by atoms with van der Waals surface area (Å²) >= 11 is 0. The predicted molar refractivity (Wildman–Crippen MR) is 118 cm³/mol. The number of pyridine rings is 1. The lowest BCUT2D eigenvalue weighted by Crippen LogP contribution is -2.29. The molecule has 2 aromatic carbocycles. The monoisotopic (exact) mass is 414 g/mol. The Kier molecular flexibility index (Phi) is 5.54. The van der Waals surface area contributed by atoms with Gasteiger partial charge >= 0.3 is 0 Å². The van der Waals surface area contributed by atoms with E-state index in [4.69, 9.17) is 4.74 Å². The first-order valence-electron chi connectivity index (χ1n) is 10.0. The molecule has 1 aliphatic heterocycles. The smallest absolute Gasteiger partial charge is 0.300 e. The zero-order valence-corrected chi connectivity index (χ0v) is 17.3. The van der Waals surface area contributed by atoms with E-state index in [9.17, 15) is 14.7 Å². The Morgan fingerprint density at radius 3 is 2.39 bits per heavy atom. The topological polar surface area (TPSA) is 79.7 Å². The van der Waals surface area contributed by atoms with Crippen LogP contribution in [0.3, 0.4) is 0 Å². The van der Waals surface area contributed by atoms with Gasteiger partial charge in [0.05, 0.1) is 30.1 Å². The van der Waals surface area contributed by atoms with Gasteiger partial charge in [-0.05, 0) is 43.7 Å². The van der Waals surface area contributed by atoms with Crippen LogP contribution in [0.1, 0.15) is 29.7 Å². The lowest BCUT2D eigenvalue weighted by molar-refractivity contribution is -0.132. The molecule has 1 atom stereocenters. The number of Topliss-reactive ketones (excluding diaryl/α,β-unsaturated/α-hetero) is 1. The number of ketones is 1.